The van der Waals surface area contributed by atoms with Crippen molar-refractivity contribution >= 4 is 22.8 Å². The second kappa shape index (κ2) is 9.35. The third-order valence-electron chi connectivity index (χ3n) is 4.97. The van der Waals surface area contributed by atoms with Crippen molar-refractivity contribution in [2.75, 3.05) is 0 Å². The van der Waals surface area contributed by atoms with Gasteiger partial charge in [0.15, 0.2) is 0 Å². The second-order valence-corrected chi connectivity index (χ2v) is 9.71. The first-order valence-corrected chi connectivity index (χ1v) is 11.2. The van der Waals surface area contributed by atoms with E-state index in [0.29, 0.717) is 18.5 Å². The summed E-state index contributed by atoms with van der Waals surface area (Å²) in [5.74, 6) is 1.67. The second-order valence-electron chi connectivity index (χ2n) is 8.66. The molecule has 0 amide bonds. The Labute approximate surface area is 185 Å². The van der Waals surface area contributed by atoms with E-state index in [9.17, 15) is 13.2 Å². The van der Waals surface area contributed by atoms with Gasteiger partial charge >= 0.3 is 6.18 Å². The number of halogens is 3. The molecule has 0 aliphatic rings. The molecular weight excluding hydrogens is 419 g/mol. The lowest BCUT2D eigenvalue weighted by Crippen LogP contribution is -2.19. The van der Waals surface area contributed by atoms with Crippen LogP contribution in [-0.2, 0) is 17.7 Å². The number of nitrogens with zero attached hydrogens (tertiary/aromatic N) is 3. The van der Waals surface area contributed by atoms with Crippen LogP contribution in [0.15, 0.2) is 47.4 Å². The van der Waals surface area contributed by atoms with Crippen molar-refractivity contribution in [2.45, 2.75) is 68.8 Å². The van der Waals surface area contributed by atoms with Gasteiger partial charge in [-0.1, -0.05) is 32.9 Å². The van der Waals surface area contributed by atoms with Gasteiger partial charge in [-0.25, -0.2) is 4.98 Å². The van der Waals surface area contributed by atoms with E-state index in [2.05, 4.69) is 31.4 Å². The van der Waals surface area contributed by atoms with Gasteiger partial charge in [-0.15, -0.1) is 11.8 Å². The number of fused-ring (bicyclic) bond motifs is 1. The topological polar surface area (TPSA) is 41.6 Å². The predicted molar refractivity (Wildman–Crippen MR) is 119 cm³/mol. The molecule has 0 spiro atoms. The number of aryl methyl sites for hydroxylation is 1. The third-order valence-corrected chi connectivity index (χ3v) is 6.04. The molecule has 0 saturated carbocycles. The number of imidazole rings is 1. The molecule has 0 atom stereocenters. The summed E-state index contributed by atoms with van der Waals surface area (Å²) >= 11 is 1.69. The normalized spacial score (nSPS) is 12.3. The van der Waals surface area contributed by atoms with Crippen LogP contribution in [-0.4, -0.2) is 15.7 Å². The number of unbranched alkanes of at least 4 members (excludes halogenated alkanes) is 1. The molecule has 0 N–H and O–H groups in total. The van der Waals surface area contributed by atoms with Gasteiger partial charge in [-0.2, -0.15) is 18.4 Å². The van der Waals surface area contributed by atoms with E-state index >= 15 is 0 Å². The first-order chi connectivity index (χ1) is 14.6. The number of hydrogen-bond donors (Lipinski definition) is 0. The van der Waals surface area contributed by atoms with Crippen molar-refractivity contribution in [2.24, 2.45) is 0 Å². The standard InChI is InChI=1S/C24H26F3N3S/c1-23(2,3)22-29-20-14-19(31-16-18-8-6-17(15-28)7-9-18)10-11-21(20)30(22)13-5-4-12-24(25,26)27/h6-11,14H,4-5,12-13,16H2,1-3H3. The van der Waals surface area contributed by atoms with E-state index < -0.39 is 12.6 Å². The molecule has 1 aromatic heterocycles. The number of rotatable bonds is 7. The summed E-state index contributed by atoms with van der Waals surface area (Å²) in [6.45, 7) is 6.74. The molecule has 1 heterocycles. The maximum Gasteiger partial charge on any atom is 0.389 e. The van der Waals surface area contributed by atoms with Crippen LogP contribution in [0.2, 0.25) is 0 Å². The van der Waals surface area contributed by atoms with Crippen molar-refractivity contribution in [1.29, 1.82) is 5.26 Å². The summed E-state index contributed by atoms with van der Waals surface area (Å²) in [6, 6.07) is 15.8. The fourth-order valence-electron chi connectivity index (χ4n) is 3.44. The lowest BCUT2D eigenvalue weighted by atomic mass is 9.95. The molecule has 0 unspecified atom stereocenters. The highest BCUT2D eigenvalue weighted by molar-refractivity contribution is 7.98. The van der Waals surface area contributed by atoms with Gasteiger partial charge < -0.3 is 4.57 Å². The number of thioether (sulfide) groups is 1. The average molecular weight is 446 g/mol. The van der Waals surface area contributed by atoms with Gasteiger partial charge in [0, 0.05) is 29.0 Å². The maximum absolute atomic E-state index is 12.5. The van der Waals surface area contributed by atoms with Gasteiger partial charge in [-0.3, -0.25) is 0 Å². The Kier molecular flexibility index (Phi) is 7.00. The highest BCUT2D eigenvalue weighted by Crippen LogP contribution is 2.31. The molecule has 164 valence electrons. The van der Waals surface area contributed by atoms with Gasteiger partial charge in [0.25, 0.3) is 0 Å². The van der Waals surface area contributed by atoms with Crippen LogP contribution in [0.25, 0.3) is 11.0 Å². The molecule has 0 radical (unpaired) electrons. The Morgan fingerprint density at radius 3 is 2.35 bits per heavy atom. The minimum atomic E-state index is -4.11. The van der Waals surface area contributed by atoms with Crippen molar-refractivity contribution in [3.05, 3.63) is 59.4 Å². The van der Waals surface area contributed by atoms with Crippen LogP contribution >= 0.6 is 11.8 Å². The van der Waals surface area contributed by atoms with E-state index in [-0.39, 0.29) is 11.8 Å². The van der Waals surface area contributed by atoms with Gasteiger partial charge in [0.05, 0.1) is 22.7 Å². The van der Waals surface area contributed by atoms with Gasteiger partial charge in [-0.05, 0) is 48.7 Å². The van der Waals surface area contributed by atoms with Crippen molar-refractivity contribution < 1.29 is 13.2 Å². The maximum atomic E-state index is 12.5. The fourth-order valence-corrected chi connectivity index (χ4v) is 4.32. The number of hydrogen-bond acceptors (Lipinski definition) is 3. The molecule has 3 nitrogen and oxygen atoms in total. The van der Waals surface area contributed by atoms with Crippen molar-refractivity contribution in [1.82, 2.24) is 9.55 Å². The molecule has 0 saturated heterocycles. The van der Waals surface area contributed by atoms with E-state index in [0.717, 1.165) is 33.1 Å². The van der Waals surface area contributed by atoms with E-state index in [1.54, 1.807) is 11.8 Å². The van der Waals surface area contributed by atoms with Crippen LogP contribution in [0.3, 0.4) is 0 Å². The lowest BCUT2D eigenvalue weighted by Gasteiger charge is -2.20. The molecule has 3 rings (SSSR count). The smallest absolute Gasteiger partial charge is 0.328 e. The predicted octanol–water partition coefficient (Wildman–Crippen LogP) is 7.23. The van der Waals surface area contributed by atoms with Crippen LogP contribution in [0, 0.1) is 11.3 Å². The Morgan fingerprint density at radius 2 is 1.74 bits per heavy atom. The first-order valence-electron chi connectivity index (χ1n) is 10.3. The summed E-state index contributed by atoms with van der Waals surface area (Å²) in [5, 5.41) is 8.91. The molecule has 0 aliphatic carbocycles. The summed E-state index contributed by atoms with van der Waals surface area (Å²) < 4.78 is 39.5. The van der Waals surface area contributed by atoms with E-state index in [4.69, 9.17) is 10.2 Å². The number of aromatic nitrogens is 2. The van der Waals surface area contributed by atoms with E-state index in [1.165, 1.54) is 0 Å². The van der Waals surface area contributed by atoms with Crippen LogP contribution in [0.4, 0.5) is 13.2 Å². The first kappa shape index (κ1) is 23.2. The molecule has 0 fully saturated rings. The van der Waals surface area contributed by atoms with Crippen LogP contribution in [0.5, 0.6) is 0 Å². The Bertz CT molecular complexity index is 1070. The Balaban J connectivity index is 1.77. The fraction of sp³-hybridized carbons (Fsp3) is 0.417. The highest BCUT2D eigenvalue weighted by atomic mass is 32.2. The SMILES string of the molecule is CC(C)(C)c1nc2cc(SCc3ccc(C#N)cc3)ccc2n1CCCCC(F)(F)F. The molecule has 2 aromatic carbocycles. The van der Waals surface area contributed by atoms with Gasteiger partial charge in [0.1, 0.15) is 5.82 Å². The van der Waals surface area contributed by atoms with E-state index in [1.807, 2.05) is 42.5 Å². The number of nitriles is 1. The minimum Gasteiger partial charge on any atom is -0.328 e. The molecule has 7 heteroatoms. The summed E-state index contributed by atoms with van der Waals surface area (Å²) in [4.78, 5) is 5.92. The number of alkyl halides is 3. The Morgan fingerprint density at radius 1 is 1.03 bits per heavy atom. The lowest BCUT2D eigenvalue weighted by molar-refractivity contribution is -0.135. The number of benzene rings is 2. The zero-order chi connectivity index (χ0) is 22.6. The molecule has 31 heavy (non-hydrogen) atoms. The minimum absolute atomic E-state index is 0.116. The molecule has 0 aliphatic heterocycles. The zero-order valence-corrected chi connectivity index (χ0v) is 18.8. The largest absolute Gasteiger partial charge is 0.389 e. The summed E-state index contributed by atoms with van der Waals surface area (Å²) in [5.41, 5.74) is 3.39. The van der Waals surface area contributed by atoms with Crippen LogP contribution in [0.1, 0.15) is 57.0 Å². The Hall–Kier alpha value is -2.46. The summed E-state index contributed by atoms with van der Waals surface area (Å²) in [7, 11) is 0. The highest BCUT2D eigenvalue weighted by Gasteiger charge is 2.27. The van der Waals surface area contributed by atoms with Crippen molar-refractivity contribution in [3.8, 4) is 6.07 Å². The average Bonchev–Trinajstić information content (AvgIpc) is 3.07. The monoisotopic (exact) mass is 445 g/mol. The third kappa shape index (κ3) is 6.27. The quantitative estimate of drug-likeness (QED) is 0.284. The molecular formula is C24H26F3N3S. The van der Waals surface area contributed by atoms with Gasteiger partial charge in [0.2, 0.25) is 0 Å². The molecule has 3 aromatic rings. The molecule has 0 bridgehead atoms. The summed E-state index contributed by atoms with van der Waals surface area (Å²) in [6.07, 6.45) is -4.28. The van der Waals surface area contributed by atoms with Crippen LogP contribution < -0.4 is 0 Å². The zero-order valence-electron chi connectivity index (χ0n) is 18.0. The van der Waals surface area contributed by atoms with Crippen molar-refractivity contribution in [3.63, 3.8) is 0 Å².